The highest BCUT2D eigenvalue weighted by atomic mass is 79.9. The molecule has 19 heavy (non-hydrogen) atoms. The summed E-state index contributed by atoms with van der Waals surface area (Å²) >= 11 is 3.28. The quantitative estimate of drug-likeness (QED) is 0.858. The fourth-order valence-corrected chi connectivity index (χ4v) is 1.51. The van der Waals surface area contributed by atoms with Gasteiger partial charge in [-0.3, -0.25) is 5.32 Å². The Hall–Kier alpha value is -1.37. The van der Waals surface area contributed by atoms with Crippen molar-refractivity contribution in [2.75, 3.05) is 11.9 Å². The standard InChI is InChI=1S/C12H18BrN3O3/c1-5-18-10-9(6-8(7-13)15-16-10)14-11(17)19-12(2,3)4/h6H,5,7H2,1-4H3,(H,14,15,17). The molecule has 1 rings (SSSR count). The predicted octanol–water partition coefficient (Wildman–Crippen LogP) is 3.12. The molecule has 0 aliphatic carbocycles. The number of anilines is 1. The van der Waals surface area contributed by atoms with Gasteiger partial charge in [-0.1, -0.05) is 15.9 Å². The summed E-state index contributed by atoms with van der Waals surface area (Å²) in [7, 11) is 0. The van der Waals surface area contributed by atoms with Crippen molar-refractivity contribution >= 4 is 27.7 Å². The normalized spacial score (nSPS) is 11.0. The Morgan fingerprint density at radius 3 is 2.63 bits per heavy atom. The van der Waals surface area contributed by atoms with E-state index in [2.05, 4.69) is 31.4 Å². The molecule has 1 N–H and O–H groups in total. The van der Waals surface area contributed by atoms with Gasteiger partial charge >= 0.3 is 6.09 Å². The third-order valence-corrected chi connectivity index (χ3v) is 2.44. The molecule has 7 heteroatoms. The first-order chi connectivity index (χ1) is 8.85. The van der Waals surface area contributed by atoms with Crippen LogP contribution in [0.5, 0.6) is 5.88 Å². The van der Waals surface area contributed by atoms with Crippen molar-refractivity contribution in [1.29, 1.82) is 0 Å². The van der Waals surface area contributed by atoms with Crippen molar-refractivity contribution in [2.45, 2.75) is 38.6 Å². The summed E-state index contributed by atoms with van der Waals surface area (Å²) < 4.78 is 10.5. The van der Waals surface area contributed by atoms with Crippen molar-refractivity contribution in [2.24, 2.45) is 0 Å². The molecule has 106 valence electrons. The van der Waals surface area contributed by atoms with E-state index >= 15 is 0 Å². The molecule has 6 nitrogen and oxygen atoms in total. The van der Waals surface area contributed by atoms with Crippen LogP contribution in [0.25, 0.3) is 0 Å². The monoisotopic (exact) mass is 331 g/mol. The van der Waals surface area contributed by atoms with Gasteiger partial charge in [-0.25, -0.2) is 4.79 Å². The summed E-state index contributed by atoms with van der Waals surface area (Å²) in [6, 6.07) is 1.69. The number of nitrogens with one attached hydrogen (secondary N) is 1. The molecular formula is C12H18BrN3O3. The Morgan fingerprint density at radius 1 is 1.42 bits per heavy atom. The van der Waals surface area contributed by atoms with Gasteiger partial charge in [0, 0.05) is 5.33 Å². The summed E-state index contributed by atoms with van der Waals surface area (Å²) in [5, 5.41) is 11.0. The average Bonchev–Trinajstić information content (AvgIpc) is 2.29. The van der Waals surface area contributed by atoms with Crippen molar-refractivity contribution in [1.82, 2.24) is 10.2 Å². The van der Waals surface area contributed by atoms with Crippen molar-refractivity contribution < 1.29 is 14.3 Å². The van der Waals surface area contributed by atoms with Crippen LogP contribution in [0.4, 0.5) is 10.5 Å². The molecule has 0 aromatic carbocycles. The van der Waals surface area contributed by atoms with E-state index in [9.17, 15) is 4.79 Å². The fraction of sp³-hybridized carbons (Fsp3) is 0.583. The molecule has 1 heterocycles. The Balaban J connectivity index is 2.87. The lowest BCUT2D eigenvalue weighted by atomic mass is 10.2. The second-order valence-corrected chi connectivity index (χ2v) is 5.31. The number of alkyl halides is 1. The largest absolute Gasteiger partial charge is 0.475 e. The van der Waals surface area contributed by atoms with E-state index < -0.39 is 11.7 Å². The van der Waals surface area contributed by atoms with Gasteiger partial charge in [0.1, 0.15) is 11.3 Å². The number of aromatic nitrogens is 2. The minimum Gasteiger partial charge on any atom is -0.475 e. The molecule has 0 radical (unpaired) electrons. The van der Waals surface area contributed by atoms with Gasteiger partial charge in [0.05, 0.1) is 12.3 Å². The number of hydrogen-bond acceptors (Lipinski definition) is 5. The number of halogens is 1. The Bertz CT molecular complexity index is 446. The second kappa shape index (κ2) is 6.70. The van der Waals surface area contributed by atoms with Crippen molar-refractivity contribution in [3.63, 3.8) is 0 Å². The van der Waals surface area contributed by atoms with E-state index in [1.165, 1.54) is 0 Å². The Labute approximate surface area is 121 Å². The number of carbonyl (C=O) groups is 1. The SMILES string of the molecule is CCOc1nnc(CBr)cc1NC(=O)OC(C)(C)C. The van der Waals surface area contributed by atoms with Crippen molar-refractivity contribution in [3.05, 3.63) is 11.8 Å². The highest BCUT2D eigenvalue weighted by Gasteiger charge is 2.18. The van der Waals surface area contributed by atoms with Crippen LogP contribution in [0.15, 0.2) is 6.07 Å². The molecule has 0 saturated carbocycles. The fourth-order valence-electron chi connectivity index (χ4n) is 1.23. The highest BCUT2D eigenvalue weighted by molar-refractivity contribution is 9.08. The van der Waals surface area contributed by atoms with Gasteiger partial charge in [-0.05, 0) is 33.8 Å². The maximum atomic E-state index is 11.7. The molecule has 1 aromatic heterocycles. The van der Waals surface area contributed by atoms with Crippen LogP contribution in [-0.2, 0) is 10.1 Å². The zero-order chi connectivity index (χ0) is 14.5. The zero-order valence-electron chi connectivity index (χ0n) is 11.5. The Kier molecular flexibility index (Phi) is 5.53. The summed E-state index contributed by atoms with van der Waals surface area (Å²) in [4.78, 5) is 11.7. The molecule has 1 amide bonds. The van der Waals surface area contributed by atoms with E-state index in [4.69, 9.17) is 9.47 Å². The molecule has 0 aliphatic heterocycles. The van der Waals surface area contributed by atoms with Gasteiger partial charge in [-0.15, -0.1) is 5.10 Å². The van der Waals surface area contributed by atoms with Crippen LogP contribution in [0.1, 0.15) is 33.4 Å². The third kappa shape index (κ3) is 5.42. The summed E-state index contributed by atoms with van der Waals surface area (Å²) in [5.41, 5.74) is 0.573. The number of rotatable bonds is 4. The average molecular weight is 332 g/mol. The maximum Gasteiger partial charge on any atom is 0.412 e. The maximum absolute atomic E-state index is 11.7. The number of ether oxygens (including phenoxy) is 2. The number of amides is 1. The van der Waals surface area contributed by atoms with Crippen LogP contribution in [0.3, 0.4) is 0 Å². The molecular weight excluding hydrogens is 314 g/mol. The zero-order valence-corrected chi connectivity index (χ0v) is 13.1. The molecule has 0 saturated heterocycles. The third-order valence-electron chi connectivity index (χ3n) is 1.86. The van der Waals surface area contributed by atoms with E-state index in [0.717, 1.165) is 0 Å². The van der Waals surface area contributed by atoms with E-state index in [1.807, 2.05) is 6.92 Å². The van der Waals surface area contributed by atoms with Crippen LogP contribution in [-0.4, -0.2) is 28.5 Å². The van der Waals surface area contributed by atoms with Gasteiger partial charge in [0.25, 0.3) is 5.88 Å². The molecule has 0 spiro atoms. The predicted molar refractivity (Wildman–Crippen MR) is 75.7 cm³/mol. The molecule has 0 aliphatic rings. The second-order valence-electron chi connectivity index (χ2n) is 4.75. The smallest absolute Gasteiger partial charge is 0.412 e. The molecule has 0 atom stereocenters. The summed E-state index contributed by atoms with van der Waals surface area (Å²) in [6.07, 6.45) is -0.554. The van der Waals surface area contributed by atoms with Gasteiger partial charge < -0.3 is 9.47 Å². The first kappa shape index (κ1) is 15.7. The minimum absolute atomic E-state index is 0.276. The van der Waals surface area contributed by atoms with Crippen LogP contribution in [0.2, 0.25) is 0 Å². The van der Waals surface area contributed by atoms with Crippen LogP contribution < -0.4 is 10.1 Å². The molecule has 0 unspecified atom stereocenters. The van der Waals surface area contributed by atoms with E-state index in [-0.39, 0.29) is 5.88 Å². The number of carbonyl (C=O) groups excluding carboxylic acids is 1. The number of hydrogen-bond donors (Lipinski definition) is 1. The minimum atomic E-state index is -0.561. The molecule has 0 bridgehead atoms. The molecule has 0 fully saturated rings. The lowest BCUT2D eigenvalue weighted by molar-refractivity contribution is 0.0635. The van der Waals surface area contributed by atoms with Crippen LogP contribution >= 0.6 is 15.9 Å². The Morgan fingerprint density at radius 2 is 2.11 bits per heavy atom. The molecule has 1 aromatic rings. The topological polar surface area (TPSA) is 73.3 Å². The lowest BCUT2D eigenvalue weighted by Gasteiger charge is -2.20. The summed E-state index contributed by atoms with van der Waals surface area (Å²) in [5.74, 6) is 0.276. The number of nitrogens with zero attached hydrogens (tertiary/aromatic N) is 2. The van der Waals surface area contributed by atoms with Crippen LogP contribution in [0, 0.1) is 0 Å². The van der Waals surface area contributed by atoms with E-state index in [1.54, 1.807) is 26.8 Å². The van der Waals surface area contributed by atoms with Gasteiger partial charge in [0.15, 0.2) is 0 Å². The highest BCUT2D eigenvalue weighted by Crippen LogP contribution is 2.23. The first-order valence-electron chi connectivity index (χ1n) is 5.91. The first-order valence-corrected chi connectivity index (χ1v) is 7.03. The lowest BCUT2D eigenvalue weighted by Crippen LogP contribution is -2.27. The van der Waals surface area contributed by atoms with Gasteiger partial charge in [0.2, 0.25) is 0 Å². The summed E-state index contributed by atoms with van der Waals surface area (Å²) in [6.45, 7) is 7.66. The van der Waals surface area contributed by atoms with E-state index in [0.29, 0.717) is 23.3 Å². The van der Waals surface area contributed by atoms with Gasteiger partial charge in [-0.2, -0.15) is 5.10 Å². The van der Waals surface area contributed by atoms with Crippen molar-refractivity contribution in [3.8, 4) is 5.88 Å².